The molecule has 0 saturated carbocycles. The summed E-state index contributed by atoms with van der Waals surface area (Å²) in [6.45, 7) is 0. The quantitative estimate of drug-likeness (QED) is 0.374. The Morgan fingerprint density at radius 1 is 1.75 bits per heavy atom. The fourth-order valence-corrected chi connectivity index (χ4v) is 0.611. The highest BCUT2D eigenvalue weighted by Gasteiger charge is 1.94. The van der Waals surface area contributed by atoms with Gasteiger partial charge in [-0.25, -0.2) is 0 Å². The molecule has 3 heteroatoms. The fraction of sp³-hybridized carbons (Fsp3) is 0.400. The van der Waals surface area contributed by atoms with Crippen molar-refractivity contribution in [1.29, 1.82) is 0 Å². The van der Waals surface area contributed by atoms with Crippen molar-refractivity contribution in [2.45, 2.75) is 12.8 Å². The van der Waals surface area contributed by atoms with E-state index >= 15 is 0 Å². The predicted molar refractivity (Wildman–Crippen MR) is 33.1 cm³/mol. The largest absolute Gasteiger partial charge is 0.327 e. The van der Waals surface area contributed by atoms with E-state index in [1.807, 2.05) is 6.21 Å². The number of nitrogens with one attached hydrogen (secondary N) is 1. The van der Waals surface area contributed by atoms with E-state index in [4.69, 9.17) is 5.84 Å². The minimum absolute atomic E-state index is 0.986. The molecule has 0 spiro atoms. The summed E-state index contributed by atoms with van der Waals surface area (Å²) in [7, 11) is 0. The second-order valence-electron chi connectivity index (χ2n) is 1.67. The Morgan fingerprint density at radius 2 is 2.62 bits per heavy atom. The highest BCUT2D eigenvalue weighted by molar-refractivity contribution is 5.59. The fourth-order valence-electron chi connectivity index (χ4n) is 0.611. The van der Waals surface area contributed by atoms with Gasteiger partial charge in [-0.15, -0.1) is 0 Å². The number of nitrogens with two attached hydrogens (primary N) is 1. The number of hydrogen-bond donors (Lipinski definition) is 2. The Balaban J connectivity index is 2.50. The lowest BCUT2D eigenvalue weighted by Gasteiger charge is -2.04. The van der Waals surface area contributed by atoms with Gasteiger partial charge < -0.3 is 5.43 Å². The van der Waals surface area contributed by atoms with Gasteiger partial charge in [0.2, 0.25) is 0 Å². The maximum absolute atomic E-state index is 5.11. The molecule has 0 aromatic heterocycles. The van der Waals surface area contributed by atoms with Gasteiger partial charge in [-0.2, -0.15) is 0 Å². The predicted octanol–water partition coefficient (Wildman–Crippen LogP) is 0.156. The van der Waals surface area contributed by atoms with Gasteiger partial charge >= 0.3 is 0 Å². The molecular formula is C5H9N3. The highest BCUT2D eigenvalue weighted by Crippen LogP contribution is 2.02. The molecule has 0 bridgehead atoms. The van der Waals surface area contributed by atoms with Crippen molar-refractivity contribution in [1.82, 2.24) is 5.43 Å². The van der Waals surface area contributed by atoms with Crippen LogP contribution in [-0.4, -0.2) is 6.21 Å². The molecule has 0 aromatic carbocycles. The van der Waals surface area contributed by atoms with Crippen molar-refractivity contribution < 1.29 is 0 Å². The van der Waals surface area contributed by atoms with Crippen LogP contribution < -0.4 is 11.3 Å². The number of hydrogen-bond acceptors (Lipinski definition) is 3. The maximum Gasteiger partial charge on any atom is 0.0467 e. The number of hydrazine groups is 1. The maximum atomic E-state index is 5.11. The Labute approximate surface area is 48.3 Å². The van der Waals surface area contributed by atoms with Crippen molar-refractivity contribution in [2.75, 3.05) is 0 Å². The molecule has 0 aromatic rings. The van der Waals surface area contributed by atoms with Crippen molar-refractivity contribution in [3.05, 3.63) is 11.9 Å². The lowest BCUT2D eigenvalue weighted by atomic mass is 10.2. The van der Waals surface area contributed by atoms with Crippen LogP contribution in [0.1, 0.15) is 12.8 Å². The van der Waals surface area contributed by atoms with Gasteiger partial charge in [0.05, 0.1) is 0 Å². The van der Waals surface area contributed by atoms with Crippen LogP contribution in [0.15, 0.2) is 16.9 Å². The van der Waals surface area contributed by atoms with Gasteiger partial charge in [0.15, 0.2) is 0 Å². The molecule has 1 aliphatic rings. The standard InChI is InChI=1S/C5H9N3/c6-8-5-2-1-3-7-4-5/h3-4,8H,1-2,6H2. The molecule has 1 aliphatic heterocycles. The van der Waals surface area contributed by atoms with Gasteiger partial charge in [-0.3, -0.25) is 10.8 Å². The number of aliphatic imine (C=N–C) groups is 1. The molecule has 0 radical (unpaired) electrons. The van der Waals surface area contributed by atoms with E-state index in [9.17, 15) is 0 Å². The van der Waals surface area contributed by atoms with Gasteiger partial charge in [0.25, 0.3) is 0 Å². The van der Waals surface area contributed by atoms with Gasteiger partial charge in [0, 0.05) is 18.1 Å². The normalized spacial score (nSPS) is 17.9. The second-order valence-corrected chi connectivity index (χ2v) is 1.67. The summed E-state index contributed by atoms with van der Waals surface area (Å²) in [5.74, 6) is 5.11. The van der Waals surface area contributed by atoms with Gasteiger partial charge in [-0.1, -0.05) is 0 Å². The van der Waals surface area contributed by atoms with E-state index in [0.717, 1.165) is 18.5 Å². The zero-order chi connectivity index (χ0) is 5.82. The van der Waals surface area contributed by atoms with E-state index in [2.05, 4.69) is 10.4 Å². The summed E-state index contributed by atoms with van der Waals surface area (Å²) < 4.78 is 0. The molecule has 44 valence electrons. The number of rotatable bonds is 1. The van der Waals surface area contributed by atoms with Crippen LogP contribution in [0.2, 0.25) is 0 Å². The van der Waals surface area contributed by atoms with Crippen LogP contribution in [-0.2, 0) is 0 Å². The average Bonchev–Trinajstić information content (AvgIpc) is 1.90. The molecule has 1 rings (SSSR count). The van der Waals surface area contributed by atoms with E-state index < -0.39 is 0 Å². The van der Waals surface area contributed by atoms with Crippen molar-refractivity contribution in [2.24, 2.45) is 10.8 Å². The minimum atomic E-state index is 0.986. The highest BCUT2D eigenvalue weighted by atomic mass is 15.2. The Hall–Kier alpha value is -0.830. The third-order valence-electron chi connectivity index (χ3n) is 1.06. The first-order valence-electron chi connectivity index (χ1n) is 2.61. The molecular weight excluding hydrogens is 102 g/mol. The Morgan fingerprint density at radius 3 is 3.00 bits per heavy atom. The first-order chi connectivity index (χ1) is 3.93. The van der Waals surface area contributed by atoms with Gasteiger partial charge in [0.1, 0.15) is 0 Å². The van der Waals surface area contributed by atoms with Crippen molar-refractivity contribution in [3.8, 4) is 0 Å². The van der Waals surface area contributed by atoms with Crippen LogP contribution in [0, 0.1) is 0 Å². The molecule has 0 unspecified atom stereocenters. The molecule has 0 aliphatic carbocycles. The molecule has 0 fully saturated rings. The summed E-state index contributed by atoms with van der Waals surface area (Å²) >= 11 is 0. The van der Waals surface area contributed by atoms with Crippen LogP contribution in [0.4, 0.5) is 0 Å². The van der Waals surface area contributed by atoms with Crippen LogP contribution in [0.3, 0.4) is 0 Å². The zero-order valence-electron chi connectivity index (χ0n) is 4.59. The second kappa shape index (κ2) is 2.47. The molecule has 8 heavy (non-hydrogen) atoms. The zero-order valence-corrected chi connectivity index (χ0v) is 4.59. The molecule has 0 amide bonds. The van der Waals surface area contributed by atoms with E-state index in [1.54, 1.807) is 6.20 Å². The average molecular weight is 111 g/mol. The first-order valence-corrected chi connectivity index (χ1v) is 2.61. The van der Waals surface area contributed by atoms with Crippen LogP contribution in [0.25, 0.3) is 0 Å². The SMILES string of the molecule is NNC1=CN=CCC1. The third-order valence-corrected chi connectivity index (χ3v) is 1.06. The molecule has 3 nitrogen and oxygen atoms in total. The Bertz CT molecular complexity index is 126. The van der Waals surface area contributed by atoms with E-state index in [0.29, 0.717) is 0 Å². The summed E-state index contributed by atoms with van der Waals surface area (Å²) in [5, 5.41) is 0. The molecule has 0 saturated heterocycles. The first kappa shape index (κ1) is 5.31. The van der Waals surface area contributed by atoms with Gasteiger partial charge in [-0.05, 0) is 12.8 Å². The summed E-state index contributed by atoms with van der Waals surface area (Å²) in [4.78, 5) is 3.90. The summed E-state index contributed by atoms with van der Waals surface area (Å²) in [5.41, 5.74) is 3.56. The minimum Gasteiger partial charge on any atom is -0.327 e. The summed E-state index contributed by atoms with van der Waals surface area (Å²) in [6.07, 6.45) is 5.60. The Kier molecular flexibility index (Phi) is 1.64. The number of nitrogens with zero attached hydrogens (tertiary/aromatic N) is 1. The monoisotopic (exact) mass is 111 g/mol. The van der Waals surface area contributed by atoms with Crippen LogP contribution in [0.5, 0.6) is 0 Å². The smallest absolute Gasteiger partial charge is 0.0467 e. The molecule has 0 atom stereocenters. The lowest BCUT2D eigenvalue weighted by molar-refractivity contribution is 0.796. The lowest BCUT2D eigenvalue weighted by Crippen LogP contribution is -2.21. The third kappa shape index (κ3) is 1.07. The molecule has 1 heterocycles. The number of allylic oxidation sites excluding steroid dienone is 1. The van der Waals surface area contributed by atoms with E-state index in [1.165, 1.54) is 0 Å². The van der Waals surface area contributed by atoms with Crippen molar-refractivity contribution >= 4 is 6.21 Å². The van der Waals surface area contributed by atoms with Crippen molar-refractivity contribution in [3.63, 3.8) is 0 Å². The van der Waals surface area contributed by atoms with Crippen LogP contribution >= 0.6 is 0 Å². The summed E-state index contributed by atoms with van der Waals surface area (Å²) in [6, 6.07) is 0. The molecule has 3 N–H and O–H groups in total. The topological polar surface area (TPSA) is 50.4 Å². The van der Waals surface area contributed by atoms with E-state index in [-0.39, 0.29) is 0 Å².